The molecule has 4 nitrogen and oxygen atoms in total. The summed E-state index contributed by atoms with van der Waals surface area (Å²) in [5, 5.41) is 4.41. The molecule has 0 aliphatic heterocycles. The lowest BCUT2D eigenvalue weighted by atomic mass is 10.0. The molecule has 1 aromatic heterocycles. The highest BCUT2D eigenvalue weighted by Gasteiger charge is 2.04. The third-order valence-electron chi connectivity index (χ3n) is 3.37. The maximum absolute atomic E-state index is 5.92. The van der Waals surface area contributed by atoms with Gasteiger partial charge in [-0.05, 0) is 25.7 Å². The number of hydrogen-bond acceptors (Lipinski definition) is 3. The van der Waals surface area contributed by atoms with Gasteiger partial charge in [-0.1, -0.05) is 33.6 Å². The molecule has 0 bridgehead atoms. The Morgan fingerprint density at radius 1 is 1.38 bits per heavy atom. The van der Waals surface area contributed by atoms with E-state index < -0.39 is 0 Å². The van der Waals surface area contributed by atoms with E-state index in [-0.39, 0.29) is 0 Å². The first-order chi connectivity index (χ1) is 10.0. The van der Waals surface area contributed by atoms with Crippen molar-refractivity contribution in [3.63, 3.8) is 0 Å². The van der Waals surface area contributed by atoms with Crippen LogP contribution in [0.1, 0.15) is 56.8 Å². The summed E-state index contributed by atoms with van der Waals surface area (Å²) in [7, 11) is 0. The lowest BCUT2D eigenvalue weighted by Gasteiger charge is -2.14. The van der Waals surface area contributed by atoms with Crippen LogP contribution in [-0.2, 0) is 12.8 Å². The molecule has 3 N–H and O–H groups in total. The fourth-order valence-electron chi connectivity index (χ4n) is 2.10. The van der Waals surface area contributed by atoms with Crippen LogP contribution in [0.25, 0.3) is 0 Å². The molecule has 1 aromatic rings. The molecule has 0 aliphatic rings. The van der Waals surface area contributed by atoms with Crippen LogP contribution in [0.5, 0.6) is 0 Å². The van der Waals surface area contributed by atoms with E-state index in [1.807, 2.05) is 6.20 Å². The second-order valence-corrected chi connectivity index (χ2v) is 7.16. The van der Waals surface area contributed by atoms with Crippen molar-refractivity contribution in [1.82, 2.24) is 10.3 Å². The van der Waals surface area contributed by atoms with Gasteiger partial charge in [0.1, 0.15) is 0 Å². The van der Waals surface area contributed by atoms with E-state index in [1.165, 1.54) is 17.7 Å². The lowest BCUT2D eigenvalue weighted by Crippen LogP contribution is -2.38. The Hall–Kier alpha value is -1.10. The fourth-order valence-corrected chi connectivity index (χ4v) is 2.95. The Labute approximate surface area is 133 Å². The number of thiazole rings is 1. The van der Waals surface area contributed by atoms with E-state index in [1.54, 1.807) is 11.3 Å². The van der Waals surface area contributed by atoms with E-state index in [0.29, 0.717) is 18.5 Å². The molecule has 0 fully saturated rings. The Morgan fingerprint density at radius 3 is 2.76 bits per heavy atom. The molecular weight excluding hydrogens is 280 g/mol. The smallest absolute Gasteiger partial charge is 0.188 e. The average molecular weight is 311 g/mol. The van der Waals surface area contributed by atoms with Gasteiger partial charge >= 0.3 is 0 Å². The molecule has 0 saturated heterocycles. The summed E-state index contributed by atoms with van der Waals surface area (Å²) in [6.07, 6.45) is 7.53. The van der Waals surface area contributed by atoms with Gasteiger partial charge in [0.05, 0.1) is 5.01 Å². The molecule has 1 atom stereocenters. The zero-order chi connectivity index (χ0) is 15.7. The third kappa shape index (κ3) is 8.05. The summed E-state index contributed by atoms with van der Waals surface area (Å²) < 4.78 is 0. The minimum atomic E-state index is 0.388. The third-order valence-corrected chi connectivity index (χ3v) is 4.57. The first-order valence-electron chi connectivity index (χ1n) is 8.01. The Balaban J connectivity index is 2.22. The van der Waals surface area contributed by atoms with Gasteiger partial charge in [0.15, 0.2) is 5.96 Å². The van der Waals surface area contributed by atoms with Crippen LogP contribution in [0.15, 0.2) is 11.2 Å². The van der Waals surface area contributed by atoms with E-state index >= 15 is 0 Å². The summed E-state index contributed by atoms with van der Waals surface area (Å²) in [4.78, 5) is 10.1. The highest BCUT2D eigenvalue weighted by atomic mass is 32.1. The SMILES string of the molecule is CCc1cnc(CCN=C(N)NC(C)CCCC(C)C)s1. The Kier molecular flexibility index (Phi) is 8.35. The van der Waals surface area contributed by atoms with Crippen molar-refractivity contribution in [2.45, 2.75) is 65.8 Å². The van der Waals surface area contributed by atoms with Crippen molar-refractivity contribution in [1.29, 1.82) is 0 Å². The molecule has 0 spiro atoms. The molecule has 1 unspecified atom stereocenters. The number of guanidine groups is 1. The number of aryl methyl sites for hydroxylation is 1. The molecule has 0 aliphatic carbocycles. The summed E-state index contributed by atoms with van der Waals surface area (Å²) in [6.45, 7) is 9.54. The van der Waals surface area contributed by atoms with E-state index in [2.05, 4.69) is 43.0 Å². The van der Waals surface area contributed by atoms with Crippen LogP contribution < -0.4 is 11.1 Å². The maximum Gasteiger partial charge on any atom is 0.188 e. The van der Waals surface area contributed by atoms with Crippen molar-refractivity contribution in [2.24, 2.45) is 16.6 Å². The predicted octanol–water partition coefficient (Wildman–Crippen LogP) is 3.37. The predicted molar refractivity (Wildman–Crippen MR) is 93.0 cm³/mol. The van der Waals surface area contributed by atoms with Crippen LogP contribution in [0, 0.1) is 5.92 Å². The molecule has 5 heteroatoms. The molecule has 0 saturated carbocycles. The number of hydrogen-bond donors (Lipinski definition) is 2. The topological polar surface area (TPSA) is 63.3 Å². The highest BCUT2D eigenvalue weighted by Crippen LogP contribution is 2.13. The molecule has 1 heterocycles. The van der Waals surface area contributed by atoms with E-state index in [4.69, 9.17) is 5.73 Å². The molecular formula is C16H30N4S. The Morgan fingerprint density at radius 2 is 2.14 bits per heavy atom. The van der Waals surface area contributed by atoms with Crippen LogP contribution in [0.2, 0.25) is 0 Å². The van der Waals surface area contributed by atoms with Gasteiger partial charge in [0, 0.05) is 30.1 Å². The molecule has 0 radical (unpaired) electrons. The number of rotatable bonds is 9. The second kappa shape index (κ2) is 9.77. The second-order valence-electron chi connectivity index (χ2n) is 5.96. The van der Waals surface area contributed by atoms with E-state index in [0.717, 1.165) is 30.2 Å². The van der Waals surface area contributed by atoms with Crippen LogP contribution in [-0.4, -0.2) is 23.5 Å². The van der Waals surface area contributed by atoms with Crippen molar-refractivity contribution in [3.8, 4) is 0 Å². The van der Waals surface area contributed by atoms with Gasteiger partial charge in [0.25, 0.3) is 0 Å². The van der Waals surface area contributed by atoms with Gasteiger partial charge in [0.2, 0.25) is 0 Å². The highest BCUT2D eigenvalue weighted by molar-refractivity contribution is 7.11. The van der Waals surface area contributed by atoms with E-state index in [9.17, 15) is 0 Å². The quantitative estimate of drug-likeness (QED) is 0.543. The summed E-state index contributed by atoms with van der Waals surface area (Å²) >= 11 is 1.77. The van der Waals surface area contributed by atoms with Crippen LogP contribution in [0.3, 0.4) is 0 Å². The van der Waals surface area contributed by atoms with Gasteiger partial charge in [-0.15, -0.1) is 11.3 Å². The molecule has 120 valence electrons. The van der Waals surface area contributed by atoms with Crippen molar-refractivity contribution < 1.29 is 0 Å². The maximum atomic E-state index is 5.92. The van der Waals surface area contributed by atoms with Crippen molar-refractivity contribution in [2.75, 3.05) is 6.54 Å². The minimum absolute atomic E-state index is 0.388. The monoisotopic (exact) mass is 310 g/mol. The summed E-state index contributed by atoms with van der Waals surface area (Å²) in [6, 6.07) is 0.388. The Bertz CT molecular complexity index is 426. The number of nitrogens with zero attached hydrogens (tertiary/aromatic N) is 2. The summed E-state index contributed by atoms with van der Waals surface area (Å²) in [5.41, 5.74) is 5.92. The van der Waals surface area contributed by atoms with Crippen molar-refractivity contribution in [3.05, 3.63) is 16.1 Å². The molecule has 1 rings (SSSR count). The largest absolute Gasteiger partial charge is 0.370 e. The molecule has 0 aromatic carbocycles. The minimum Gasteiger partial charge on any atom is -0.370 e. The normalized spacial score (nSPS) is 13.7. The standard InChI is InChI=1S/C16H30N4S/c1-5-14-11-19-15(21-14)9-10-18-16(17)20-13(4)8-6-7-12(2)3/h11-13H,5-10H2,1-4H3,(H3,17,18,20). The lowest BCUT2D eigenvalue weighted by molar-refractivity contribution is 0.493. The number of aromatic nitrogens is 1. The average Bonchev–Trinajstić information content (AvgIpc) is 2.86. The fraction of sp³-hybridized carbons (Fsp3) is 0.750. The van der Waals surface area contributed by atoms with Crippen LogP contribution in [0.4, 0.5) is 0 Å². The van der Waals surface area contributed by atoms with Gasteiger partial charge < -0.3 is 11.1 Å². The number of nitrogens with two attached hydrogens (primary N) is 1. The molecule has 0 amide bonds. The van der Waals surface area contributed by atoms with Gasteiger partial charge in [-0.2, -0.15) is 0 Å². The van der Waals surface area contributed by atoms with Crippen molar-refractivity contribution >= 4 is 17.3 Å². The first kappa shape index (κ1) is 18.0. The summed E-state index contributed by atoms with van der Waals surface area (Å²) in [5.74, 6) is 1.33. The molecule has 21 heavy (non-hydrogen) atoms. The number of nitrogens with one attached hydrogen (secondary N) is 1. The van der Waals surface area contributed by atoms with Gasteiger partial charge in [-0.25, -0.2) is 4.98 Å². The number of aliphatic imine (C=N–C) groups is 1. The zero-order valence-corrected chi connectivity index (χ0v) is 14.7. The first-order valence-corrected chi connectivity index (χ1v) is 8.83. The van der Waals surface area contributed by atoms with Crippen LogP contribution >= 0.6 is 11.3 Å². The van der Waals surface area contributed by atoms with Gasteiger partial charge in [-0.3, -0.25) is 4.99 Å². The zero-order valence-electron chi connectivity index (χ0n) is 13.9.